The molecule has 0 radical (unpaired) electrons. The molecule has 22 heavy (non-hydrogen) atoms. The van der Waals surface area contributed by atoms with Gasteiger partial charge in [0.1, 0.15) is 0 Å². The number of benzene rings is 1. The zero-order valence-electron chi connectivity index (χ0n) is 11.2. The maximum atomic E-state index is 12.2. The van der Waals surface area contributed by atoms with Crippen LogP contribution in [0.2, 0.25) is 0 Å². The molecule has 112 valence electrons. The van der Waals surface area contributed by atoms with Gasteiger partial charge in [0.2, 0.25) is 5.78 Å². The average Bonchev–Trinajstić information content (AvgIpc) is 2.49. The Morgan fingerprint density at radius 1 is 1.09 bits per heavy atom. The molecule has 0 aliphatic rings. The molecule has 0 atom stereocenters. The predicted octanol–water partition coefficient (Wildman–Crippen LogP) is 1.26. The summed E-state index contributed by atoms with van der Waals surface area (Å²) in [6.45, 7) is -0.255. The fourth-order valence-corrected chi connectivity index (χ4v) is 1.83. The highest BCUT2D eigenvalue weighted by molar-refractivity contribution is 5.95. The lowest BCUT2D eigenvalue weighted by atomic mass is 10.1. The molecule has 0 saturated carbocycles. The Labute approximate surface area is 123 Å². The van der Waals surface area contributed by atoms with Crippen molar-refractivity contribution in [1.29, 1.82) is 0 Å². The smallest absolute Gasteiger partial charge is 0.290 e. The normalized spacial score (nSPS) is 10.2. The SMILES string of the molecule is Nc1ccc([N+](=O)[O-])c[n+]1CC(=O)c1cccc([N+](=O)[O-])c1. The van der Waals surface area contributed by atoms with Crippen LogP contribution in [-0.2, 0) is 6.54 Å². The summed E-state index contributed by atoms with van der Waals surface area (Å²) >= 11 is 0. The second kappa shape index (κ2) is 5.95. The van der Waals surface area contributed by atoms with E-state index in [9.17, 15) is 25.0 Å². The fraction of sp³-hybridized carbons (Fsp3) is 0.0769. The molecule has 0 fully saturated rings. The summed E-state index contributed by atoms with van der Waals surface area (Å²) < 4.78 is 1.22. The third-order valence-corrected chi connectivity index (χ3v) is 2.95. The number of aromatic nitrogens is 1. The van der Waals surface area contributed by atoms with E-state index in [0.29, 0.717) is 0 Å². The number of carbonyl (C=O) groups is 1. The number of nitrogen functional groups attached to an aromatic ring is 1. The summed E-state index contributed by atoms with van der Waals surface area (Å²) in [7, 11) is 0. The molecule has 1 aromatic carbocycles. The van der Waals surface area contributed by atoms with E-state index < -0.39 is 15.6 Å². The zero-order valence-corrected chi connectivity index (χ0v) is 11.2. The topological polar surface area (TPSA) is 133 Å². The maximum absolute atomic E-state index is 12.2. The maximum Gasteiger partial charge on any atom is 0.308 e. The van der Waals surface area contributed by atoms with E-state index in [-0.39, 0.29) is 29.3 Å². The van der Waals surface area contributed by atoms with Crippen LogP contribution >= 0.6 is 0 Å². The minimum Gasteiger partial charge on any atom is -0.290 e. The van der Waals surface area contributed by atoms with Crippen LogP contribution in [0, 0.1) is 20.2 Å². The predicted molar refractivity (Wildman–Crippen MR) is 75.1 cm³/mol. The lowest BCUT2D eigenvalue weighted by Crippen LogP contribution is -2.40. The van der Waals surface area contributed by atoms with E-state index in [1.807, 2.05) is 0 Å². The van der Waals surface area contributed by atoms with Crippen molar-refractivity contribution < 1.29 is 19.2 Å². The van der Waals surface area contributed by atoms with Crippen molar-refractivity contribution in [2.45, 2.75) is 6.54 Å². The molecule has 0 amide bonds. The molecule has 2 N–H and O–H groups in total. The minimum absolute atomic E-state index is 0.132. The Hall–Kier alpha value is -3.36. The molecule has 9 nitrogen and oxygen atoms in total. The van der Waals surface area contributed by atoms with Crippen LogP contribution in [0.1, 0.15) is 10.4 Å². The molecule has 0 aliphatic carbocycles. The van der Waals surface area contributed by atoms with Crippen LogP contribution in [0.5, 0.6) is 0 Å². The van der Waals surface area contributed by atoms with Gasteiger partial charge < -0.3 is 0 Å². The number of Topliss-reactive ketones (excluding diaryl/α,β-unsaturated/α-hetero) is 1. The summed E-state index contributed by atoms with van der Waals surface area (Å²) in [5, 5.41) is 21.4. The number of rotatable bonds is 5. The lowest BCUT2D eigenvalue weighted by molar-refractivity contribution is -0.671. The van der Waals surface area contributed by atoms with Crippen LogP contribution in [-0.4, -0.2) is 15.6 Å². The van der Waals surface area contributed by atoms with Crippen molar-refractivity contribution in [3.05, 3.63) is 68.4 Å². The molecule has 0 bridgehead atoms. The number of carbonyl (C=O) groups excluding carboxylic acids is 1. The minimum atomic E-state index is -0.606. The van der Waals surface area contributed by atoms with Gasteiger partial charge in [0.25, 0.3) is 11.5 Å². The van der Waals surface area contributed by atoms with Gasteiger partial charge in [-0.2, -0.15) is 0 Å². The number of hydrogen-bond donors (Lipinski definition) is 1. The van der Waals surface area contributed by atoms with Crippen molar-refractivity contribution in [1.82, 2.24) is 0 Å². The molecular weight excluding hydrogens is 292 g/mol. The molecule has 1 heterocycles. The molecular formula is C13H11N4O5+. The Morgan fingerprint density at radius 2 is 1.77 bits per heavy atom. The summed E-state index contributed by atoms with van der Waals surface area (Å²) in [5.41, 5.74) is 5.39. The zero-order chi connectivity index (χ0) is 16.3. The van der Waals surface area contributed by atoms with Crippen LogP contribution in [0.4, 0.5) is 17.2 Å². The first-order valence-electron chi connectivity index (χ1n) is 6.09. The van der Waals surface area contributed by atoms with Crippen molar-refractivity contribution in [3.63, 3.8) is 0 Å². The highest BCUT2D eigenvalue weighted by Gasteiger charge is 2.18. The summed E-state index contributed by atoms with van der Waals surface area (Å²) in [6.07, 6.45) is 1.14. The Bertz CT molecular complexity index is 775. The van der Waals surface area contributed by atoms with Gasteiger partial charge in [-0.15, -0.1) is 0 Å². The quantitative estimate of drug-likeness (QED) is 0.382. The van der Waals surface area contributed by atoms with Gasteiger partial charge in [0.15, 0.2) is 12.7 Å². The van der Waals surface area contributed by atoms with Crippen molar-refractivity contribution in [3.8, 4) is 0 Å². The summed E-state index contributed by atoms with van der Waals surface area (Å²) in [5.74, 6) is -0.273. The van der Waals surface area contributed by atoms with Crippen LogP contribution < -0.4 is 10.3 Å². The second-order valence-corrected chi connectivity index (χ2v) is 4.43. The van der Waals surface area contributed by atoms with Crippen LogP contribution in [0.3, 0.4) is 0 Å². The molecule has 2 aromatic rings. The Morgan fingerprint density at radius 3 is 2.41 bits per heavy atom. The van der Waals surface area contributed by atoms with Crippen LogP contribution in [0.25, 0.3) is 0 Å². The number of pyridine rings is 1. The van der Waals surface area contributed by atoms with Crippen LogP contribution in [0.15, 0.2) is 42.6 Å². The largest absolute Gasteiger partial charge is 0.308 e. The van der Waals surface area contributed by atoms with Gasteiger partial charge in [-0.3, -0.25) is 30.8 Å². The molecule has 1 aromatic heterocycles. The number of nitrogens with two attached hydrogens (primary N) is 1. The van der Waals surface area contributed by atoms with Gasteiger partial charge in [-0.05, 0) is 0 Å². The molecule has 2 rings (SSSR count). The molecule has 0 saturated heterocycles. The van der Waals surface area contributed by atoms with Crippen molar-refractivity contribution in [2.75, 3.05) is 5.73 Å². The number of hydrogen-bond acceptors (Lipinski definition) is 6. The third kappa shape index (κ3) is 3.20. The highest BCUT2D eigenvalue weighted by atomic mass is 16.6. The third-order valence-electron chi connectivity index (χ3n) is 2.95. The van der Waals surface area contributed by atoms with Gasteiger partial charge in [-0.1, -0.05) is 12.1 Å². The van der Waals surface area contributed by atoms with Gasteiger partial charge >= 0.3 is 5.69 Å². The van der Waals surface area contributed by atoms with E-state index in [0.717, 1.165) is 12.3 Å². The number of ketones is 1. The molecule has 0 aliphatic heterocycles. The molecule has 0 spiro atoms. The Balaban J connectivity index is 2.29. The summed E-state index contributed by atoms with van der Waals surface area (Å²) in [4.78, 5) is 32.4. The van der Waals surface area contributed by atoms with Crippen molar-refractivity contribution >= 4 is 23.0 Å². The van der Waals surface area contributed by atoms with E-state index in [1.165, 1.54) is 34.9 Å². The van der Waals surface area contributed by atoms with E-state index in [4.69, 9.17) is 5.73 Å². The highest BCUT2D eigenvalue weighted by Crippen LogP contribution is 2.14. The first-order valence-corrected chi connectivity index (χ1v) is 6.09. The lowest BCUT2D eigenvalue weighted by Gasteiger charge is -2.03. The first-order chi connectivity index (χ1) is 10.4. The fourth-order valence-electron chi connectivity index (χ4n) is 1.83. The molecule has 9 heteroatoms. The number of anilines is 1. The number of nitrogens with zero attached hydrogens (tertiary/aromatic N) is 3. The van der Waals surface area contributed by atoms with E-state index >= 15 is 0 Å². The average molecular weight is 303 g/mol. The van der Waals surface area contributed by atoms with Gasteiger partial charge in [-0.25, -0.2) is 4.57 Å². The number of non-ortho nitro benzene ring substituents is 1. The summed E-state index contributed by atoms with van der Waals surface area (Å²) in [6, 6.07) is 7.79. The molecule has 0 unspecified atom stereocenters. The number of nitro groups is 2. The van der Waals surface area contributed by atoms with Gasteiger partial charge in [0.05, 0.1) is 9.85 Å². The standard InChI is InChI=1S/C13H10N4O5/c14-13-5-4-11(17(21)22)7-15(13)8-12(18)9-2-1-3-10(6-9)16(19)20/h1-7,14H,8H2/p+1. The Kier molecular flexibility index (Phi) is 4.07. The van der Waals surface area contributed by atoms with Gasteiger partial charge in [0, 0.05) is 29.8 Å². The monoisotopic (exact) mass is 303 g/mol. The van der Waals surface area contributed by atoms with E-state index in [1.54, 1.807) is 0 Å². The van der Waals surface area contributed by atoms with Crippen molar-refractivity contribution in [2.24, 2.45) is 0 Å². The second-order valence-electron chi connectivity index (χ2n) is 4.43. The first kappa shape index (κ1) is 15.0. The van der Waals surface area contributed by atoms with E-state index in [2.05, 4.69) is 0 Å². The number of nitro benzene ring substituents is 1.